The van der Waals surface area contributed by atoms with Crippen LogP contribution < -0.4 is 0 Å². The molecule has 18 heavy (non-hydrogen) atoms. The molecule has 1 saturated heterocycles. The van der Waals surface area contributed by atoms with Crippen molar-refractivity contribution in [1.29, 1.82) is 0 Å². The third-order valence-corrected chi connectivity index (χ3v) is 5.23. The second-order valence-electron chi connectivity index (χ2n) is 6.43. The summed E-state index contributed by atoms with van der Waals surface area (Å²) in [5, 5.41) is 9.75. The summed E-state index contributed by atoms with van der Waals surface area (Å²) >= 11 is 0. The molecule has 0 unspecified atom stereocenters. The largest absolute Gasteiger partial charge is 0.481 e. The molecule has 1 aliphatic carbocycles. The highest BCUT2D eigenvalue weighted by molar-refractivity contribution is 5.75. The molecule has 104 valence electrons. The zero-order valence-electron chi connectivity index (χ0n) is 11.8. The standard InChI is InChI=1S/C15H27NO2/c1-12(2)16-10-8-15(9-11-16,14(17)18)13-6-4-3-5-7-13/h12-13H,3-11H2,1-2H3,(H,17,18). The zero-order chi connectivity index (χ0) is 13.2. The minimum atomic E-state index is -0.530. The molecule has 2 rings (SSSR count). The van der Waals surface area contributed by atoms with Gasteiger partial charge in [0, 0.05) is 6.04 Å². The van der Waals surface area contributed by atoms with Crippen molar-refractivity contribution < 1.29 is 9.90 Å². The summed E-state index contributed by atoms with van der Waals surface area (Å²) in [5.41, 5.74) is -0.411. The summed E-state index contributed by atoms with van der Waals surface area (Å²) in [7, 11) is 0. The predicted octanol–water partition coefficient (Wildman–Crippen LogP) is 3.14. The van der Waals surface area contributed by atoms with Crippen molar-refractivity contribution in [2.75, 3.05) is 13.1 Å². The molecule has 0 spiro atoms. The number of carboxylic acid groups (broad SMARTS) is 1. The molecule has 1 aliphatic heterocycles. The highest BCUT2D eigenvalue weighted by Gasteiger charge is 2.47. The Labute approximate surface area is 111 Å². The maximum atomic E-state index is 11.8. The van der Waals surface area contributed by atoms with Gasteiger partial charge in [-0.25, -0.2) is 0 Å². The molecule has 1 heterocycles. The van der Waals surface area contributed by atoms with Gasteiger partial charge in [0.15, 0.2) is 0 Å². The Morgan fingerprint density at radius 3 is 2.17 bits per heavy atom. The molecule has 0 aromatic heterocycles. The first-order valence-corrected chi connectivity index (χ1v) is 7.54. The van der Waals surface area contributed by atoms with Crippen LogP contribution in [0.25, 0.3) is 0 Å². The van der Waals surface area contributed by atoms with Gasteiger partial charge in [-0.05, 0) is 58.5 Å². The van der Waals surface area contributed by atoms with Gasteiger partial charge in [0.2, 0.25) is 0 Å². The van der Waals surface area contributed by atoms with Gasteiger partial charge in [-0.15, -0.1) is 0 Å². The van der Waals surface area contributed by atoms with Crippen molar-refractivity contribution in [2.24, 2.45) is 11.3 Å². The molecule has 0 atom stereocenters. The molecular formula is C15H27NO2. The van der Waals surface area contributed by atoms with E-state index >= 15 is 0 Å². The number of rotatable bonds is 3. The Kier molecular flexibility index (Phi) is 4.31. The molecule has 0 aromatic rings. The van der Waals surface area contributed by atoms with Crippen LogP contribution in [-0.2, 0) is 4.79 Å². The van der Waals surface area contributed by atoms with Gasteiger partial charge in [-0.3, -0.25) is 4.79 Å². The number of likely N-dealkylation sites (tertiary alicyclic amines) is 1. The lowest BCUT2D eigenvalue weighted by atomic mass is 9.63. The van der Waals surface area contributed by atoms with Crippen molar-refractivity contribution in [2.45, 2.75) is 64.8 Å². The first-order chi connectivity index (χ1) is 8.56. The van der Waals surface area contributed by atoms with E-state index in [0.29, 0.717) is 12.0 Å². The van der Waals surface area contributed by atoms with E-state index in [2.05, 4.69) is 18.7 Å². The number of nitrogens with zero attached hydrogens (tertiary/aromatic N) is 1. The molecule has 1 N–H and O–H groups in total. The van der Waals surface area contributed by atoms with Crippen molar-refractivity contribution in [3.8, 4) is 0 Å². The summed E-state index contributed by atoms with van der Waals surface area (Å²) in [6.07, 6.45) is 7.73. The Morgan fingerprint density at radius 2 is 1.72 bits per heavy atom. The monoisotopic (exact) mass is 253 g/mol. The predicted molar refractivity (Wildman–Crippen MR) is 72.6 cm³/mol. The van der Waals surface area contributed by atoms with Gasteiger partial charge in [0.1, 0.15) is 0 Å². The van der Waals surface area contributed by atoms with Crippen molar-refractivity contribution >= 4 is 5.97 Å². The van der Waals surface area contributed by atoms with Gasteiger partial charge in [-0.2, -0.15) is 0 Å². The fraction of sp³-hybridized carbons (Fsp3) is 0.933. The Morgan fingerprint density at radius 1 is 1.17 bits per heavy atom. The van der Waals surface area contributed by atoms with Crippen LogP contribution in [0.15, 0.2) is 0 Å². The molecule has 0 aromatic carbocycles. The second kappa shape index (κ2) is 5.60. The number of aliphatic carboxylic acids is 1. The first kappa shape index (κ1) is 13.9. The number of hydrogen-bond acceptors (Lipinski definition) is 2. The second-order valence-corrected chi connectivity index (χ2v) is 6.43. The number of hydrogen-bond donors (Lipinski definition) is 1. The van der Waals surface area contributed by atoms with Gasteiger partial charge in [-0.1, -0.05) is 19.3 Å². The molecule has 0 bridgehead atoms. The van der Waals surface area contributed by atoms with Crippen LogP contribution in [0.2, 0.25) is 0 Å². The smallest absolute Gasteiger partial charge is 0.310 e. The van der Waals surface area contributed by atoms with Crippen molar-refractivity contribution in [3.05, 3.63) is 0 Å². The minimum Gasteiger partial charge on any atom is -0.481 e. The van der Waals surface area contributed by atoms with Crippen LogP contribution in [0.4, 0.5) is 0 Å². The lowest BCUT2D eigenvalue weighted by Crippen LogP contribution is -2.50. The quantitative estimate of drug-likeness (QED) is 0.840. The van der Waals surface area contributed by atoms with Crippen LogP contribution in [0, 0.1) is 11.3 Å². The summed E-state index contributed by atoms with van der Waals surface area (Å²) in [6.45, 7) is 6.32. The van der Waals surface area contributed by atoms with Gasteiger partial charge in [0.05, 0.1) is 5.41 Å². The zero-order valence-corrected chi connectivity index (χ0v) is 11.8. The van der Waals surface area contributed by atoms with Gasteiger partial charge < -0.3 is 10.0 Å². The van der Waals surface area contributed by atoms with Crippen LogP contribution in [0.3, 0.4) is 0 Å². The molecule has 1 saturated carbocycles. The number of carboxylic acids is 1. The summed E-state index contributed by atoms with van der Waals surface area (Å²) in [5.74, 6) is -0.101. The highest BCUT2D eigenvalue weighted by Crippen LogP contribution is 2.46. The molecule has 3 nitrogen and oxygen atoms in total. The van der Waals surface area contributed by atoms with Crippen LogP contribution in [0.1, 0.15) is 58.8 Å². The molecule has 0 amide bonds. The molecular weight excluding hydrogens is 226 g/mol. The fourth-order valence-corrected chi connectivity index (χ4v) is 3.89. The Balaban J connectivity index is 2.07. The molecule has 2 fully saturated rings. The number of piperidine rings is 1. The van der Waals surface area contributed by atoms with E-state index in [9.17, 15) is 9.90 Å². The Hall–Kier alpha value is -0.570. The molecule has 2 aliphatic rings. The summed E-state index contributed by atoms with van der Waals surface area (Å²) in [4.78, 5) is 14.3. The van der Waals surface area contributed by atoms with E-state index in [1.54, 1.807) is 0 Å². The third kappa shape index (κ3) is 2.56. The van der Waals surface area contributed by atoms with Crippen LogP contribution in [-0.4, -0.2) is 35.1 Å². The normalized spacial score (nSPS) is 26.4. The van der Waals surface area contributed by atoms with Gasteiger partial charge in [0.25, 0.3) is 0 Å². The summed E-state index contributed by atoms with van der Waals surface area (Å²) < 4.78 is 0. The van der Waals surface area contributed by atoms with E-state index in [1.165, 1.54) is 19.3 Å². The lowest BCUT2D eigenvalue weighted by Gasteiger charge is -2.46. The maximum Gasteiger partial charge on any atom is 0.310 e. The number of carbonyl (C=O) groups is 1. The highest BCUT2D eigenvalue weighted by atomic mass is 16.4. The van der Waals surface area contributed by atoms with E-state index in [1.807, 2.05) is 0 Å². The maximum absolute atomic E-state index is 11.8. The van der Waals surface area contributed by atoms with E-state index in [0.717, 1.165) is 38.8 Å². The van der Waals surface area contributed by atoms with E-state index in [-0.39, 0.29) is 0 Å². The fourth-order valence-electron chi connectivity index (χ4n) is 3.89. The average molecular weight is 253 g/mol. The Bertz CT molecular complexity index is 287. The molecule has 3 heteroatoms. The van der Waals surface area contributed by atoms with E-state index < -0.39 is 11.4 Å². The lowest BCUT2D eigenvalue weighted by molar-refractivity contribution is -0.158. The topological polar surface area (TPSA) is 40.5 Å². The van der Waals surface area contributed by atoms with Crippen LogP contribution >= 0.6 is 0 Å². The SMILES string of the molecule is CC(C)N1CCC(C(=O)O)(C2CCCCC2)CC1. The van der Waals surface area contributed by atoms with Gasteiger partial charge >= 0.3 is 5.97 Å². The first-order valence-electron chi connectivity index (χ1n) is 7.54. The van der Waals surface area contributed by atoms with E-state index in [4.69, 9.17) is 0 Å². The van der Waals surface area contributed by atoms with Crippen molar-refractivity contribution in [3.63, 3.8) is 0 Å². The summed E-state index contributed by atoms with van der Waals surface area (Å²) in [6, 6.07) is 0.545. The van der Waals surface area contributed by atoms with Crippen LogP contribution in [0.5, 0.6) is 0 Å². The minimum absolute atomic E-state index is 0.411. The molecule has 0 radical (unpaired) electrons. The van der Waals surface area contributed by atoms with Crippen molar-refractivity contribution in [1.82, 2.24) is 4.90 Å². The third-order valence-electron chi connectivity index (χ3n) is 5.23. The average Bonchev–Trinajstić information content (AvgIpc) is 2.39.